The second-order valence-corrected chi connectivity index (χ2v) is 7.95. The molecule has 148 valence electrons. The standard InChI is InChI=1S/C22H28N4O2/c1-16-5-4-11-24-19(16)13-26-12-3-2-6-20(26)21(27)25-18-9-7-17(8-10-18)22(28)14-23-15-22/h4-5,7-11,20,23,28H,2-3,6,12-15H2,1H3,(H,25,27)/t20-/m1/s1. The number of carbonyl (C=O) groups is 1. The molecule has 0 aliphatic carbocycles. The van der Waals surface area contributed by atoms with Crippen molar-refractivity contribution in [3.8, 4) is 0 Å². The molecule has 4 rings (SSSR count). The summed E-state index contributed by atoms with van der Waals surface area (Å²) in [6.45, 7) is 4.82. The van der Waals surface area contributed by atoms with Gasteiger partial charge in [-0.1, -0.05) is 24.6 Å². The maximum absolute atomic E-state index is 13.0. The van der Waals surface area contributed by atoms with E-state index in [4.69, 9.17) is 0 Å². The Morgan fingerprint density at radius 1 is 1.29 bits per heavy atom. The van der Waals surface area contributed by atoms with Crippen LogP contribution in [0.2, 0.25) is 0 Å². The SMILES string of the molecule is Cc1cccnc1CN1CCCC[C@@H]1C(=O)Nc1ccc(C2(O)CNC2)cc1. The van der Waals surface area contributed by atoms with Crippen molar-refractivity contribution < 1.29 is 9.90 Å². The molecule has 2 aliphatic rings. The number of nitrogens with one attached hydrogen (secondary N) is 2. The van der Waals surface area contributed by atoms with Crippen LogP contribution in [-0.4, -0.2) is 46.6 Å². The first-order valence-corrected chi connectivity index (χ1v) is 10.0. The molecule has 1 atom stereocenters. The monoisotopic (exact) mass is 380 g/mol. The summed E-state index contributed by atoms with van der Waals surface area (Å²) in [7, 11) is 0. The van der Waals surface area contributed by atoms with Gasteiger partial charge in [0.15, 0.2) is 0 Å². The molecule has 2 aliphatic heterocycles. The van der Waals surface area contributed by atoms with Crippen molar-refractivity contribution in [3.63, 3.8) is 0 Å². The molecule has 0 saturated carbocycles. The van der Waals surface area contributed by atoms with Crippen LogP contribution in [0.4, 0.5) is 5.69 Å². The first-order chi connectivity index (χ1) is 13.5. The van der Waals surface area contributed by atoms with Crippen LogP contribution in [0.1, 0.15) is 36.1 Å². The summed E-state index contributed by atoms with van der Waals surface area (Å²) in [5.41, 5.74) is 3.07. The molecule has 2 saturated heterocycles. The van der Waals surface area contributed by atoms with Gasteiger partial charge in [0.25, 0.3) is 0 Å². The lowest BCUT2D eigenvalue weighted by atomic mass is 9.88. The Labute approximate surface area is 166 Å². The van der Waals surface area contributed by atoms with Crippen LogP contribution in [0.25, 0.3) is 0 Å². The van der Waals surface area contributed by atoms with E-state index in [9.17, 15) is 9.90 Å². The zero-order chi connectivity index (χ0) is 19.6. The van der Waals surface area contributed by atoms with E-state index in [1.807, 2.05) is 36.5 Å². The summed E-state index contributed by atoms with van der Waals surface area (Å²) in [5, 5.41) is 16.5. The van der Waals surface area contributed by atoms with E-state index in [0.717, 1.165) is 48.3 Å². The van der Waals surface area contributed by atoms with Gasteiger partial charge >= 0.3 is 0 Å². The second kappa shape index (κ2) is 7.99. The van der Waals surface area contributed by atoms with E-state index in [2.05, 4.69) is 33.5 Å². The lowest BCUT2D eigenvalue weighted by Gasteiger charge is -2.38. The molecule has 2 fully saturated rings. The summed E-state index contributed by atoms with van der Waals surface area (Å²) in [6.07, 6.45) is 4.85. The van der Waals surface area contributed by atoms with Crippen molar-refractivity contribution in [2.24, 2.45) is 0 Å². The van der Waals surface area contributed by atoms with Gasteiger partial charge in [-0.3, -0.25) is 14.7 Å². The largest absolute Gasteiger partial charge is 0.382 e. The van der Waals surface area contributed by atoms with Gasteiger partial charge in [0, 0.05) is 31.5 Å². The van der Waals surface area contributed by atoms with Crippen LogP contribution in [0.15, 0.2) is 42.6 Å². The number of piperidine rings is 1. The van der Waals surface area contributed by atoms with Gasteiger partial charge in [0.05, 0.1) is 11.7 Å². The maximum Gasteiger partial charge on any atom is 0.241 e. The molecule has 6 nitrogen and oxygen atoms in total. The number of aromatic nitrogens is 1. The molecule has 1 amide bonds. The average Bonchev–Trinajstić information content (AvgIpc) is 2.69. The average molecular weight is 380 g/mol. The lowest BCUT2D eigenvalue weighted by molar-refractivity contribution is -0.122. The summed E-state index contributed by atoms with van der Waals surface area (Å²) < 4.78 is 0. The number of aryl methyl sites for hydroxylation is 1. The third-order valence-corrected chi connectivity index (χ3v) is 5.91. The molecule has 0 bridgehead atoms. The highest BCUT2D eigenvalue weighted by Gasteiger charge is 2.36. The van der Waals surface area contributed by atoms with Crippen molar-refractivity contribution in [3.05, 3.63) is 59.4 Å². The van der Waals surface area contributed by atoms with Gasteiger partial charge in [0.1, 0.15) is 5.60 Å². The highest BCUT2D eigenvalue weighted by molar-refractivity contribution is 5.94. The Morgan fingerprint density at radius 2 is 2.07 bits per heavy atom. The number of anilines is 1. The minimum absolute atomic E-state index is 0.0325. The number of benzene rings is 1. The fraction of sp³-hybridized carbons (Fsp3) is 0.455. The molecular weight excluding hydrogens is 352 g/mol. The van der Waals surface area contributed by atoms with Crippen LogP contribution in [0.3, 0.4) is 0 Å². The summed E-state index contributed by atoms with van der Waals surface area (Å²) >= 11 is 0. The third kappa shape index (κ3) is 3.94. The van der Waals surface area contributed by atoms with E-state index in [1.165, 1.54) is 0 Å². The lowest BCUT2D eigenvalue weighted by Crippen LogP contribution is -2.56. The van der Waals surface area contributed by atoms with Gasteiger partial charge in [-0.2, -0.15) is 0 Å². The zero-order valence-electron chi connectivity index (χ0n) is 16.3. The van der Waals surface area contributed by atoms with Gasteiger partial charge in [-0.05, 0) is 55.6 Å². The van der Waals surface area contributed by atoms with Crippen LogP contribution in [-0.2, 0) is 16.9 Å². The van der Waals surface area contributed by atoms with Crippen molar-refractivity contribution in [2.45, 2.75) is 44.4 Å². The van der Waals surface area contributed by atoms with E-state index in [0.29, 0.717) is 19.6 Å². The highest BCUT2D eigenvalue weighted by atomic mass is 16.3. The Morgan fingerprint density at radius 3 is 2.75 bits per heavy atom. The number of carbonyl (C=O) groups excluding carboxylic acids is 1. The summed E-state index contributed by atoms with van der Waals surface area (Å²) in [4.78, 5) is 19.7. The van der Waals surface area contributed by atoms with Crippen LogP contribution in [0, 0.1) is 6.92 Å². The zero-order valence-corrected chi connectivity index (χ0v) is 16.3. The van der Waals surface area contributed by atoms with Crippen molar-refractivity contribution >= 4 is 11.6 Å². The van der Waals surface area contributed by atoms with E-state index in [-0.39, 0.29) is 11.9 Å². The summed E-state index contributed by atoms with van der Waals surface area (Å²) in [6, 6.07) is 11.4. The number of pyridine rings is 1. The van der Waals surface area contributed by atoms with Crippen molar-refractivity contribution in [2.75, 3.05) is 25.0 Å². The normalized spacial score (nSPS) is 21.7. The molecule has 1 aromatic carbocycles. The first kappa shape index (κ1) is 19.1. The van der Waals surface area contributed by atoms with Crippen LogP contribution in [0.5, 0.6) is 0 Å². The Hall–Kier alpha value is -2.28. The Kier molecular flexibility index (Phi) is 5.44. The van der Waals surface area contributed by atoms with Gasteiger partial charge < -0.3 is 15.7 Å². The molecule has 28 heavy (non-hydrogen) atoms. The minimum atomic E-state index is -0.775. The Bertz CT molecular complexity index is 833. The van der Waals surface area contributed by atoms with Crippen molar-refractivity contribution in [1.82, 2.24) is 15.2 Å². The molecule has 0 spiro atoms. The minimum Gasteiger partial charge on any atom is -0.382 e. The number of hydrogen-bond donors (Lipinski definition) is 3. The quantitative estimate of drug-likeness (QED) is 0.741. The van der Waals surface area contributed by atoms with Gasteiger partial charge in [-0.25, -0.2) is 0 Å². The van der Waals surface area contributed by atoms with Gasteiger partial charge in [-0.15, -0.1) is 0 Å². The number of nitrogens with zero attached hydrogens (tertiary/aromatic N) is 2. The molecule has 3 heterocycles. The first-order valence-electron chi connectivity index (χ1n) is 10.0. The second-order valence-electron chi connectivity index (χ2n) is 7.95. The van der Waals surface area contributed by atoms with E-state index in [1.54, 1.807) is 0 Å². The molecule has 2 aromatic rings. The third-order valence-electron chi connectivity index (χ3n) is 5.91. The smallest absolute Gasteiger partial charge is 0.241 e. The predicted octanol–water partition coefficient (Wildman–Crippen LogP) is 2.17. The number of β-amino-alcohol motifs (C(OH)–C–C–N with tert-alkyl or cyclic N) is 1. The van der Waals surface area contributed by atoms with Crippen LogP contribution >= 0.6 is 0 Å². The number of aliphatic hydroxyl groups is 1. The maximum atomic E-state index is 13.0. The van der Waals surface area contributed by atoms with Crippen LogP contribution < -0.4 is 10.6 Å². The van der Waals surface area contributed by atoms with Gasteiger partial charge in [0.2, 0.25) is 5.91 Å². The topological polar surface area (TPSA) is 77.5 Å². The molecule has 6 heteroatoms. The predicted molar refractivity (Wildman–Crippen MR) is 109 cm³/mol. The number of amides is 1. The molecular formula is C22H28N4O2. The fourth-order valence-corrected chi connectivity index (χ4v) is 4.01. The molecule has 0 unspecified atom stereocenters. The molecule has 0 radical (unpaired) electrons. The fourth-order valence-electron chi connectivity index (χ4n) is 4.01. The summed E-state index contributed by atoms with van der Waals surface area (Å²) in [5.74, 6) is 0.0325. The highest BCUT2D eigenvalue weighted by Crippen LogP contribution is 2.27. The number of likely N-dealkylation sites (tertiary alicyclic amines) is 1. The molecule has 1 aromatic heterocycles. The number of hydrogen-bond acceptors (Lipinski definition) is 5. The number of rotatable bonds is 5. The van der Waals surface area contributed by atoms with Crippen molar-refractivity contribution in [1.29, 1.82) is 0 Å². The molecule has 3 N–H and O–H groups in total. The van der Waals surface area contributed by atoms with E-state index < -0.39 is 5.60 Å². The van der Waals surface area contributed by atoms with E-state index >= 15 is 0 Å². The Balaban J connectivity index is 1.42.